The summed E-state index contributed by atoms with van der Waals surface area (Å²) in [4.78, 5) is 12.1. The summed E-state index contributed by atoms with van der Waals surface area (Å²) in [7, 11) is 0. The first-order valence-corrected chi connectivity index (χ1v) is 7.03. The Bertz CT molecular complexity index is 846. The smallest absolute Gasteiger partial charge is 0.416 e. The number of halogens is 3. The molecule has 0 radical (unpaired) electrons. The van der Waals surface area contributed by atoms with E-state index in [0.717, 1.165) is 30.5 Å². The van der Waals surface area contributed by atoms with Gasteiger partial charge in [-0.3, -0.25) is 4.79 Å². The van der Waals surface area contributed by atoms with Crippen molar-refractivity contribution in [3.05, 3.63) is 52.9 Å². The number of rotatable bonds is 4. The Labute approximate surface area is 140 Å². The van der Waals surface area contributed by atoms with Gasteiger partial charge in [-0.05, 0) is 24.3 Å². The zero-order valence-electron chi connectivity index (χ0n) is 12.9. The third kappa shape index (κ3) is 3.98. The van der Waals surface area contributed by atoms with E-state index < -0.39 is 29.0 Å². The van der Waals surface area contributed by atoms with Gasteiger partial charge in [-0.1, -0.05) is 12.1 Å². The summed E-state index contributed by atoms with van der Waals surface area (Å²) in [5, 5.41) is 25.0. The molecule has 0 saturated carbocycles. The fourth-order valence-electron chi connectivity index (χ4n) is 1.99. The van der Waals surface area contributed by atoms with Crippen molar-refractivity contribution in [3.8, 4) is 6.07 Å². The molecule has 0 spiro atoms. The molecule has 0 aliphatic carbocycles. The minimum absolute atomic E-state index is 0.0413. The normalized spacial score (nSPS) is 12.3. The van der Waals surface area contributed by atoms with E-state index >= 15 is 0 Å². The van der Waals surface area contributed by atoms with Gasteiger partial charge in [-0.25, -0.2) is 0 Å². The van der Waals surface area contributed by atoms with Gasteiger partial charge >= 0.3 is 6.18 Å². The summed E-state index contributed by atoms with van der Waals surface area (Å²) in [6.07, 6.45) is -2.96. The Balaban J connectivity index is 2.26. The lowest BCUT2D eigenvalue weighted by Crippen LogP contribution is -2.15. The van der Waals surface area contributed by atoms with E-state index in [4.69, 9.17) is 9.78 Å². The first-order chi connectivity index (χ1) is 11.8. The predicted molar refractivity (Wildman–Crippen MR) is 81.1 cm³/mol. The van der Waals surface area contributed by atoms with E-state index in [-0.39, 0.29) is 17.0 Å². The second-order valence-corrected chi connectivity index (χ2v) is 4.88. The predicted octanol–water partition coefficient (Wildman–Crippen LogP) is 3.69. The maximum absolute atomic E-state index is 12.5. The third-order valence-corrected chi connectivity index (χ3v) is 3.27. The van der Waals surface area contributed by atoms with Crippen molar-refractivity contribution in [1.82, 2.24) is 5.16 Å². The van der Waals surface area contributed by atoms with Crippen LogP contribution in [0.1, 0.15) is 23.8 Å². The van der Waals surface area contributed by atoms with E-state index in [1.165, 1.54) is 0 Å². The number of nitriles is 1. The zero-order valence-corrected chi connectivity index (χ0v) is 12.9. The fourth-order valence-corrected chi connectivity index (χ4v) is 1.99. The number of aromatic nitrogens is 1. The maximum Gasteiger partial charge on any atom is 0.416 e. The molecule has 1 aromatic heterocycles. The molecule has 0 aliphatic rings. The van der Waals surface area contributed by atoms with Crippen molar-refractivity contribution in [1.29, 1.82) is 5.26 Å². The van der Waals surface area contributed by atoms with E-state index in [1.54, 1.807) is 13.0 Å². The van der Waals surface area contributed by atoms with Gasteiger partial charge in [-0.2, -0.15) is 18.4 Å². The molecule has 9 heteroatoms. The minimum atomic E-state index is -4.50. The number of nitrogens with one attached hydrogen (secondary N) is 1. The van der Waals surface area contributed by atoms with Crippen LogP contribution in [0.5, 0.6) is 0 Å². The number of aryl methyl sites for hydroxylation is 1. The van der Waals surface area contributed by atoms with E-state index in [1.807, 2.05) is 0 Å². The molecule has 0 aliphatic heterocycles. The first kappa shape index (κ1) is 18.1. The molecule has 1 heterocycles. The average Bonchev–Trinajstić information content (AvgIpc) is 3.03. The summed E-state index contributed by atoms with van der Waals surface area (Å²) in [6, 6.07) is 5.24. The molecule has 0 atom stereocenters. The van der Waals surface area contributed by atoms with Gasteiger partial charge in [0.25, 0.3) is 5.91 Å². The molecule has 6 nitrogen and oxygen atoms in total. The summed E-state index contributed by atoms with van der Waals surface area (Å²) in [6.45, 7) is 1.73. The molecule has 130 valence electrons. The Hall–Kier alpha value is -3.28. The molecule has 2 aromatic rings. The summed E-state index contributed by atoms with van der Waals surface area (Å²) in [5.74, 6) is -1.30. The molecule has 1 aromatic carbocycles. The maximum atomic E-state index is 12.5. The van der Waals surface area contributed by atoms with Crippen LogP contribution >= 0.6 is 0 Å². The van der Waals surface area contributed by atoms with Crippen LogP contribution in [-0.4, -0.2) is 16.2 Å². The van der Waals surface area contributed by atoms with E-state index in [0.29, 0.717) is 6.42 Å². The molecule has 25 heavy (non-hydrogen) atoms. The fraction of sp³-hybridized carbons (Fsp3) is 0.188. The highest BCUT2D eigenvalue weighted by Gasteiger charge is 2.30. The first-order valence-electron chi connectivity index (χ1n) is 7.03. The van der Waals surface area contributed by atoms with Crippen LogP contribution < -0.4 is 5.32 Å². The van der Waals surface area contributed by atoms with Gasteiger partial charge in [0.1, 0.15) is 11.8 Å². The topological polar surface area (TPSA) is 99.2 Å². The number of nitrogens with zero attached hydrogens (tertiary/aromatic N) is 2. The monoisotopic (exact) mass is 351 g/mol. The molecule has 1 amide bonds. The van der Waals surface area contributed by atoms with Gasteiger partial charge in [0.05, 0.1) is 17.3 Å². The lowest BCUT2D eigenvalue weighted by Gasteiger charge is -2.09. The van der Waals surface area contributed by atoms with Crippen LogP contribution in [0.3, 0.4) is 0 Å². The second-order valence-electron chi connectivity index (χ2n) is 4.88. The van der Waals surface area contributed by atoms with Crippen molar-refractivity contribution in [3.63, 3.8) is 0 Å². The number of amides is 1. The summed E-state index contributed by atoms with van der Waals surface area (Å²) < 4.78 is 42.4. The molecule has 0 fully saturated rings. The molecule has 0 saturated heterocycles. The quantitative estimate of drug-likeness (QED) is 0.497. The van der Waals surface area contributed by atoms with Crippen LogP contribution in [0, 0.1) is 11.3 Å². The van der Waals surface area contributed by atoms with E-state index in [2.05, 4.69) is 10.5 Å². The van der Waals surface area contributed by atoms with Gasteiger partial charge < -0.3 is 14.9 Å². The molecule has 2 rings (SSSR count). The van der Waals surface area contributed by atoms with Crippen molar-refractivity contribution in [2.45, 2.75) is 19.5 Å². The molecule has 2 N–H and O–H groups in total. The molecular formula is C16H12F3N3O3. The van der Waals surface area contributed by atoms with E-state index in [9.17, 15) is 23.1 Å². The number of carbonyl (C=O) groups excluding carboxylic acids is 1. The van der Waals surface area contributed by atoms with Crippen molar-refractivity contribution in [2.24, 2.45) is 0 Å². The number of aliphatic hydroxyl groups is 1. The standard InChI is InChI=1S/C16H12F3N3O3/c1-2-13-12(8-21-25-13)14(23)11(7-20)15(24)22-10-5-3-9(4-6-10)16(17,18)19/h3-6,8,23H,2H2,1H3,(H,22,24)/b14-11-. The van der Waals surface area contributed by atoms with Crippen molar-refractivity contribution < 1.29 is 27.6 Å². The van der Waals surface area contributed by atoms with Crippen LogP contribution in [0.15, 0.2) is 40.6 Å². The van der Waals surface area contributed by atoms with Gasteiger partial charge in [0, 0.05) is 12.1 Å². The third-order valence-electron chi connectivity index (χ3n) is 3.27. The largest absolute Gasteiger partial charge is 0.506 e. The molecule has 0 unspecified atom stereocenters. The van der Waals surface area contributed by atoms with Crippen molar-refractivity contribution >= 4 is 17.4 Å². The highest BCUT2D eigenvalue weighted by atomic mass is 19.4. The number of hydrogen-bond acceptors (Lipinski definition) is 5. The van der Waals surface area contributed by atoms with Crippen LogP contribution in [0.25, 0.3) is 5.76 Å². The highest BCUT2D eigenvalue weighted by molar-refractivity contribution is 6.11. The highest BCUT2D eigenvalue weighted by Crippen LogP contribution is 2.30. The van der Waals surface area contributed by atoms with Crippen LogP contribution in [0.2, 0.25) is 0 Å². The lowest BCUT2D eigenvalue weighted by molar-refractivity contribution is -0.137. The lowest BCUT2D eigenvalue weighted by atomic mass is 10.1. The Morgan fingerprint density at radius 1 is 1.36 bits per heavy atom. The number of hydrogen-bond donors (Lipinski definition) is 2. The molecular weight excluding hydrogens is 339 g/mol. The second kappa shape index (κ2) is 7.09. The average molecular weight is 351 g/mol. The van der Waals surface area contributed by atoms with Crippen molar-refractivity contribution in [2.75, 3.05) is 5.32 Å². The Morgan fingerprint density at radius 3 is 2.52 bits per heavy atom. The Kier molecular flexibility index (Phi) is 5.12. The zero-order chi connectivity index (χ0) is 18.6. The minimum Gasteiger partial charge on any atom is -0.506 e. The number of alkyl halides is 3. The molecule has 0 bridgehead atoms. The van der Waals surface area contributed by atoms with Gasteiger partial charge in [-0.15, -0.1) is 0 Å². The number of anilines is 1. The summed E-state index contributed by atoms with van der Waals surface area (Å²) in [5.41, 5.74) is -1.35. The number of benzene rings is 1. The SMILES string of the molecule is CCc1oncc1/C(O)=C(\C#N)C(=O)Nc1ccc(C(F)(F)F)cc1. The van der Waals surface area contributed by atoms with Crippen LogP contribution in [0.4, 0.5) is 18.9 Å². The van der Waals surface area contributed by atoms with Gasteiger partial charge in [0.2, 0.25) is 0 Å². The van der Waals surface area contributed by atoms with Crippen LogP contribution in [-0.2, 0) is 17.4 Å². The Morgan fingerprint density at radius 2 is 2.00 bits per heavy atom. The number of aliphatic hydroxyl groups excluding tert-OH is 1. The van der Waals surface area contributed by atoms with Gasteiger partial charge in [0.15, 0.2) is 11.3 Å². The summed E-state index contributed by atoms with van der Waals surface area (Å²) >= 11 is 0. The number of carbonyl (C=O) groups is 1.